The van der Waals surface area contributed by atoms with Crippen LogP contribution in [0.3, 0.4) is 0 Å². The second-order valence-electron chi connectivity index (χ2n) is 8.67. The fourth-order valence-electron chi connectivity index (χ4n) is 4.17. The number of carbonyl (C=O) groups excluding carboxylic acids is 2. The Bertz CT molecular complexity index is 1160. The third-order valence-electron chi connectivity index (χ3n) is 6.26. The van der Waals surface area contributed by atoms with E-state index in [2.05, 4.69) is 5.32 Å². The van der Waals surface area contributed by atoms with E-state index in [1.165, 1.54) is 16.4 Å². The third kappa shape index (κ3) is 4.94. The first-order valence-corrected chi connectivity index (χ1v) is 12.6. The average Bonchev–Trinajstić information content (AvgIpc) is 3.07. The van der Waals surface area contributed by atoms with E-state index in [-0.39, 0.29) is 17.3 Å². The zero-order valence-electron chi connectivity index (χ0n) is 19.3. The van der Waals surface area contributed by atoms with Gasteiger partial charge in [-0.25, -0.2) is 13.2 Å². The number of nitrogens with zero attached hydrogens (tertiary/aromatic N) is 2. The number of amides is 3. The molecule has 2 heterocycles. The molecular formula is C24H29N3O6S. The van der Waals surface area contributed by atoms with Gasteiger partial charge in [-0.05, 0) is 55.2 Å². The van der Waals surface area contributed by atoms with Crippen molar-refractivity contribution in [3.05, 3.63) is 59.7 Å². The molecule has 182 valence electrons. The summed E-state index contributed by atoms with van der Waals surface area (Å²) < 4.78 is 37.7. The first-order valence-electron chi connectivity index (χ1n) is 11.2. The van der Waals surface area contributed by atoms with Crippen LogP contribution in [0.5, 0.6) is 5.75 Å². The highest BCUT2D eigenvalue weighted by atomic mass is 32.2. The van der Waals surface area contributed by atoms with Crippen molar-refractivity contribution in [3.8, 4) is 5.75 Å². The monoisotopic (exact) mass is 487 g/mol. The minimum Gasteiger partial charge on any atom is -0.497 e. The average molecular weight is 488 g/mol. The van der Waals surface area contributed by atoms with Gasteiger partial charge in [0.2, 0.25) is 10.0 Å². The van der Waals surface area contributed by atoms with E-state index >= 15 is 0 Å². The zero-order chi connectivity index (χ0) is 24.3. The lowest BCUT2D eigenvalue weighted by atomic mass is 9.93. The molecular weight excluding hydrogens is 458 g/mol. The van der Waals surface area contributed by atoms with E-state index in [9.17, 15) is 18.0 Å². The van der Waals surface area contributed by atoms with Crippen LogP contribution < -0.4 is 10.1 Å². The second-order valence-corrected chi connectivity index (χ2v) is 10.6. The lowest BCUT2D eigenvalue weighted by Crippen LogP contribution is -2.44. The van der Waals surface area contributed by atoms with Crippen molar-refractivity contribution in [2.75, 3.05) is 33.4 Å². The Morgan fingerprint density at radius 3 is 2.44 bits per heavy atom. The molecule has 0 bridgehead atoms. The number of morpholine rings is 1. The van der Waals surface area contributed by atoms with Crippen molar-refractivity contribution in [3.63, 3.8) is 0 Å². The first-order chi connectivity index (χ1) is 16.2. The highest BCUT2D eigenvalue weighted by molar-refractivity contribution is 7.89. The number of rotatable bonds is 8. The third-order valence-corrected chi connectivity index (χ3v) is 8.16. The van der Waals surface area contributed by atoms with Gasteiger partial charge in [0, 0.05) is 13.1 Å². The smallest absolute Gasteiger partial charge is 0.325 e. The van der Waals surface area contributed by atoms with Gasteiger partial charge in [0.05, 0.1) is 31.8 Å². The number of aryl methyl sites for hydroxylation is 1. The second kappa shape index (κ2) is 9.73. The largest absolute Gasteiger partial charge is 0.497 e. The predicted octanol–water partition coefficient (Wildman–Crippen LogP) is 2.16. The molecule has 0 aliphatic carbocycles. The van der Waals surface area contributed by atoms with Gasteiger partial charge in [-0.15, -0.1) is 0 Å². The van der Waals surface area contributed by atoms with Gasteiger partial charge in [-0.2, -0.15) is 4.31 Å². The lowest BCUT2D eigenvalue weighted by molar-refractivity contribution is -0.131. The first kappa shape index (κ1) is 24.2. The Balaban J connectivity index is 1.45. The van der Waals surface area contributed by atoms with E-state index in [4.69, 9.17) is 9.47 Å². The molecule has 1 N–H and O–H groups in total. The minimum absolute atomic E-state index is 0.00470. The number of carbonyl (C=O) groups is 2. The molecule has 34 heavy (non-hydrogen) atoms. The Morgan fingerprint density at radius 2 is 1.76 bits per heavy atom. The van der Waals surface area contributed by atoms with Crippen LogP contribution in [-0.4, -0.2) is 68.5 Å². The molecule has 2 fully saturated rings. The fraction of sp³-hybridized carbons (Fsp3) is 0.417. The van der Waals surface area contributed by atoms with Crippen LogP contribution in [0.25, 0.3) is 0 Å². The number of sulfonamides is 1. The van der Waals surface area contributed by atoms with Gasteiger partial charge >= 0.3 is 6.03 Å². The van der Waals surface area contributed by atoms with Crippen LogP contribution in [0.1, 0.15) is 24.5 Å². The van der Waals surface area contributed by atoms with Crippen LogP contribution >= 0.6 is 0 Å². The van der Waals surface area contributed by atoms with E-state index in [1.54, 1.807) is 26.2 Å². The summed E-state index contributed by atoms with van der Waals surface area (Å²) in [6.45, 7) is 3.02. The maximum absolute atomic E-state index is 13.2. The highest BCUT2D eigenvalue weighted by Gasteiger charge is 2.47. The summed E-state index contributed by atoms with van der Waals surface area (Å²) in [4.78, 5) is 27.1. The fourth-order valence-corrected chi connectivity index (χ4v) is 5.65. The van der Waals surface area contributed by atoms with Crippen molar-refractivity contribution in [2.45, 2.75) is 36.7 Å². The summed E-state index contributed by atoms with van der Waals surface area (Å²) in [7, 11) is -2.07. The summed E-state index contributed by atoms with van der Waals surface area (Å²) in [5.41, 5.74) is 0.565. The van der Waals surface area contributed by atoms with Crippen molar-refractivity contribution in [2.24, 2.45) is 0 Å². The molecule has 3 amide bonds. The summed E-state index contributed by atoms with van der Waals surface area (Å²) in [5, 5.41) is 2.81. The summed E-state index contributed by atoms with van der Waals surface area (Å²) in [6.07, 6.45) is 1.04. The predicted molar refractivity (Wildman–Crippen MR) is 125 cm³/mol. The molecule has 2 aromatic carbocycles. The van der Waals surface area contributed by atoms with Crippen LogP contribution in [0.4, 0.5) is 4.79 Å². The summed E-state index contributed by atoms with van der Waals surface area (Å²) in [6, 6.07) is 13.5. The number of imide groups is 1. The van der Waals surface area contributed by atoms with Crippen molar-refractivity contribution in [1.29, 1.82) is 0 Å². The van der Waals surface area contributed by atoms with Gasteiger partial charge in [-0.1, -0.05) is 24.3 Å². The number of methoxy groups -OCH3 is 1. The summed E-state index contributed by atoms with van der Waals surface area (Å²) >= 11 is 0. The van der Waals surface area contributed by atoms with Crippen molar-refractivity contribution < 1.29 is 27.5 Å². The van der Waals surface area contributed by atoms with Gasteiger partial charge in [-0.3, -0.25) is 9.69 Å². The topological polar surface area (TPSA) is 105 Å². The van der Waals surface area contributed by atoms with E-state index in [0.717, 1.165) is 16.2 Å². The number of hydrogen-bond acceptors (Lipinski definition) is 6. The molecule has 2 saturated heterocycles. The van der Waals surface area contributed by atoms with Gasteiger partial charge < -0.3 is 14.8 Å². The number of ether oxygens (including phenoxy) is 2. The molecule has 2 aliphatic rings. The number of benzene rings is 2. The zero-order valence-corrected chi connectivity index (χ0v) is 20.1. The molecule has 0 aromatic heterocycles. The molecule has 10 heteroatoms. The van der Waals surface area contributed by atoms with Crippen LogP contribution in [-0.2, 0) is 32.5 Å². The SMILES string of the molecule is COc1ccc(CCC2(C)NC(=O)N(Cc3cccc(S(=O)(=O)N4CCOCC4)c3)C2=O)cc1. The molecule has 2 aliphatic heterocycles. The quantitative estimate of drug-likeness (QED) is 0.572. The molecule has 0 spiro atoms. The number of hydrogen-bond donors (Lipinski definition) is 1. The Kier molecular flexibility index (Phi) is 6.92. The van der Waals surface area contributed by atoms with Gasteiger partial charge in [0.25, 0.3) is 5.91 Å². The standard InChI is InChI=1S/C24H29N3O6S/c1-24(11-10-18-6-8-20(32-2)9-7-18)22(28)27(23(29)25-24)17-19-4-3-5-21(16-19)34(30,31)26-12-14-33-15-13-26/h3-9,16H,10-15,17H2,1-2H3,(H,25,29). The van der Waals surface area contributed by atoms with Crippen LogP contribution in [0, 0.1) is 0 Å². The van der Waals surface area contributed by atoms with Gasteiger partial charge in [0.15, 0.2) is 0 Å². The Hall–Kier alpha value is -2.95. The molecule has 0 radical (unpaired) electrons. The van der Waals surface area contributed by atoms with Gasteiger partial charge in [0.1, 0.15) is 11.3 Å². The van der Waals surface area contributed by atoms with E-state index in [1.807, 2.05) is 24.3 Å². The number of nitrogens with one attached hydrogen (secondary N) is 1. The molecule has 0 saturated carbocycles. The van der Waals surface area contributed by atoms with Crippen molar-refractivity contribution in [1.82, 2.24) is 14.5 Å². The van der Waals surface area contributed by atoms with E-state index < -0.39 is 21.6 Å². The van der Waals surface area contributed by atoms with E-state index in [0.29, 0.717) is 44.7 Å². The number of urea groups is 1. The lowest BCUT2D eigenvalue weighted by Gasteiger charge is -2.26. The molecule has 4 rings (SSSR count). The van der Waals surface area contributed by atoms with Crippen molar-refractivity contribution >= 4 is 22.0 Å². The maximum atomic E-state index is 13.2. The highest BCUT2D eigenvalue weighted by Crippen LogP contribution is 2.26. The summed E-state index contributed by atoms with van der Waals surface area (Å²) in [5.74, 6) is 0.427. The normalized spacial score (nSPS) is 21.5. The Labute approximate surface area is 199 Å². The van der Waals surface area contributed by atoms with Crippen LogP contribution in [0.2, 0.25) is 0 Å². The maximum Gasteiger partial charge on any atom is 0.325 e. The molecule has 9 nitrogen and oxygen atoms in total. The molecule has 1 unspecified atom stereocenters. The minimum atomic E-state index is -3.67. The molecule has 2 aromatic rings. The van der Waals surface area contributed by atoms with Crippen LogP contribution in [0.15, 0.2) is 53.4 Å². The molecule has 1 atom stereocenters. The Morgan fingerprint density at radius 1 is 1.06 bits per heavy atom.